The Balaban J connectivity index is 1.41. The van der Waals surface area contributed by atoms with Crippen molar-refractivity contribution in [1.82, 2.24) is 14.5 Å². The fourth-order valence-corrected chi connectivity index (χ4v) is 8.79. The number of benzene rings is 1. The smallest absolute Gasteiger partial charge is 0.263 e. The third kappa shape index (κ3) is 4.67. The lowest BCUT2D eigenvalue weighted by molar-refractivity contribution is -0.128. The number of aryl methyl sites for hydroxylation is 3. The highest BCUT2D eigenvalue weighted by Gasteiger charge is 2.33. The van der Waals surface area contributed by atoms with E-state index < -0.39 is 9.84 Å². The first-order chi connectivity index (χ1) is 16.3. The van der Waals surface area contributed by atoms with Crippen molar-refractivity contribution in [3.63, 3.8) is 0 Å². The average molecular weight is 518 g/mol. The molecule has 10 heteroatoms. The van der Waals surface area contributed by atoms with Gasteiger partial charge in [0.15, 0.2) is 15.0 Å². The summed E-state index contributed by atoms with van der Waals surface area (Å²) < 4.78 is 25.3. The van der Waals surface area contributed by atoms with Crippen LogP contribution in [0.4, 0.5) is 0 Å². The number of hydrogen-bond acceptors (Lipinski definition) is 7. The van der Waals surface area contributed by atoms with Gasteiger partial charge >= 0.3 is 0 Å². The number of aromatic nitrogens is 2. The SMILES string of the molecule is CN(C(=O)CSc1nc2sc3c(c2c(=O)n1CCc1ccccc1)CCC3)[C@H]1CCS(=O)(=O)C1. The predicted octanol–water partition coefficient (Wildman–Crippen LogP) is 2.93. The highest BCUT2D eigenvalue weighted by atomic mass is 32.2. The average Bonchev–Trinajstić information content (AvgIpc) is 3.51. The van der Waals surface area contributed by atoms with E-state index >= 15 is 0 Å². The Bertz CT molecular complexity index is 1400. The van der Waals surface area contributed by atoms with Crippen LogP contribution in [0.25, 0.3) is 10.2 Å². The minimum absolute atomic E-state index is 0.0205. The molecule has 0 unspecified atom stereocenters. The molecular formula is C24H27N3O4S3. The summed E-state index contributed by atoms with van der Waals surface area (Å²) in [5.41, 5.74) is 2.27. The normalized spacial score (nSPS) is 18.9. The van der Waals surface area contributed by atoms with Crippen LogP contribution in [-0.2, 0) is 40.4 Å². The molecule has 1 fully saturated rings. The fraction of sp³-hybridized carbons (Fsp3) is 0.458. The van der Waals surface area contributed by atoms with Crippen LogP contribution in [0.3, 0.4) is 0 Å². The number of carbonyl (C=O) groups excluding carboxylic acids is 1. The molecule has 0 bridgehead atoms. The largest absolute Gasteiger partial charge is 0.341 e. The number of thiophene rings is 1. The van der Waals surface area contributed by atoms with Gasteiger partial charge in [0.1, 0.15) is 4.83 Å². The van der Waals surface area contributed by atoms with Gasteiger partial charge in [-0.25, -0.2) is 13.4 Å². The van der Waals surface area contributed by atoms with Crippen molar-refractivity contribution in [3.8, 4) is 0 Å². The van der Waals surface area contributed by atoms with Crippen molar-refractivity contribution in [2.75, 3.05) is 24.3 Å². The summed E-state index contributed by atoms with van der Waals surface area (Å²) in [5, 5.41) is 1.30. The molecule has 1 aromatic carbocycles. The van der Waals surface area contributed by atoms with Gasteiger partial charge in [0.05, 0.1) is 22.6 Å². The zero-order valence-electron chi connectivity index (χ0n) is 19.0. The minimum Gasteiger partial charge on any atom is -0.341 e. The Morgan fingerprint density at radius 2 is 2.06 bits per heavy atom. The first kappa shape index (κ1) is 23.6. The number of carbonyl (C=O) groups is 1. The number of rotatable bonds is 7. The zero-order chi connectivity index (χ0) is 23.9. The Labute approximate surface area is 207 Å². The molecule has 180 valence electrons. The van der Waals surface area contributed by atoms with Crippen molar-refractivity contribution in [3.05, 3.63) is 56.7 Å². The Hall–Kier alpha value is -2.17. The van der Waals surface area contributed by atoms with Crippen molar-refractivity contribution in [1.29, 1.82) is 0 Å². The summed E-state index contributed by atoms with van der Waals surface area (Å²) in [5.74, 6) is 0.112. The molecule has 2 aliphatic rings. The Morgan fingerprint density at radius 1 is 1.26 bits per heavy atom. The monoisotopic (exact) mass is 517 g/mol. The molecule has 1 amide bonds. The van der Waals surface area contributed by atoms with Crippen molar-refractivity contribution in [2.45, 2.75) is 49.8 Å². The molecule has 1 aliphatic heterocycles. The summed E-state index contributed by atoms with van der Waals surface area (Å²) in [6.45, 7) is 0.490. The molecule has 0 saturated carbocycles. The van der Waals surface area contributed by atoms with E-state index in [1.165, 1.54) is 16.6 Å². The molecule has 1 atom stereocenters. The standard InChI is InChI=1S/C24H27N3O4S3/c1-26(17-11-13-34(30,31)15-17)20(28)14-32-24-25-22-21(18-8-5-9-19(18)33-22)23(29)27(24)12-10-16-6-3-2-4-7-16/h2-4,6-7,17H,5,8-15H2,1H3/t17-/m0/s1. The second-order valence-electron chi connectivity index (χ2n) is 8.97. The van der Waals surface area contributed by atoms with Crippen LogP contribution in [0.2, 0.25) is 0 Å². The van der Waals surface area contributed by atoms with Crippen LogP contribution in [0, 0.1) is 0 Å². The van der Waals surface area contributed by atoms with E-state index in [9.17, 15) is 18.0 Å². The molecule has 3 heterocycles. The van der Waals surface area contributed by atoms with Crippen LogP contribution >= 0.6 is 23.1 Å². The van der Waals surface area contributed by atoms with Gasteiger partial charge in [-0.2, -0.15) is 0 Å². The van der Waals surface area contributed by atoms with Gasteiger partial charge in [-0.15, -0.1) is 11.3 Å². The summed E-state index contributed by atoms with van der Waals surface area (Å²) in [7, 11) is -1.40. The number of sulfone groups is 1. The van der Waals surface area contributed by atoms with Crippen molar-refractivity contribution < 1.29 is 13.2 Å². The molecule has 1 saturated heterocycles. The van der Waals surface area contributed by atoms with E-state index in [0.29, 0.717) is 24.5 Å². The van der Waals surface area contributed by atoms with Crippen LogP contribution in [0.1, 0.15) is 28.8 Å². The molecule has 1 aliphatic carbocycles. The van der Waals surface area contributed by atoms with E-state index in [2.05, 4.69) is 0 Å². The van der Waals surface area contributed by atoms with Gasteiger partial charge in [-0.1, -0.05) is 42.1 Å². The quantitative estimate of drug-likeness (QED) is 0.354. The molecule has 2 aromatic heterocycles. The number of hydrogen-bond donors (Lipinski definition) is 0. The van der Waals surface area contributed by atoms with Gasteiger partial charge in [0, 0.05) is 24.5 Å². The fourth-order valence-electron chi connectivity index (χ4n) is 4.76. The summed E-state index contributed by atoms with van der Waals surface area (Å²) >= 11 is 2.86. The second kappa shape index (κ2) is 9.47. The summed E-state index contributed by atoms with van der Waals surface area (Å²) in [6.07, 6.45) is 4.17. The highest BCUT2D eigenvalue weighted by Crippen LogP contribution is 2.35. The number of nitrogens with zero attached hydrogens (tertiary/aromatic N) is 3. The molecule has 34 heavy (non-hydrogen) atoms. The second-order valence-corrected chi connectivity index (χ2v) is 13.2. The van der Waals surface area contributed by atoms with E-state index in [4.69, 9.17) is 4.98 Å². The number of thioether (sulfide) groups is 1. The van der Waals surface area contributed by atoms with E-state index in [1.54, 1.807) is 27.9 Å². The molecule has 0 radical (unpaired) electrons. The molecule has 5 rings (SSSR count). The lowest BCUT2D eigenvalue weighted by Gasteiger charge is -2.23. The summed E-state index contributed by atoms with van der Waals surface area (Å²) in [6, 6.07) is 9.74. The van der Waals surface area contributed by atoms with Crippen LogP contribution in [0.5, 0.6) is 0 Å². The number of amides is 1. The molecule has 0 spiro atoms. The molecular weight excluding hydrogens is 490 g/mol. The third-order valence-electron chi connectivity index (χ3n) is 6.73. The predicted molar refractivity (Wildman–Crippen MR) is 137 cm³/mol. The summed E-state index contributed by atoms with van der Waals surface area (Å²) in [4.78, 5) is 34.9. The maximum Gasteiger partial charge on any atom is 0.263 e. The lowest BCUT2D eigenvalue weighted by atomic mass is 10.1. The van der Waals surface area contributed by atoms with Crippen LogP contribution in [-0.4, -0.2) is 59.1 Å². The van der Waals surface area contributed by atoms with Crippen molar-refractivity contribution >= 4 is 49.1 Å². The van der Waals surface area contributed by atoms with Gasteiger partial charge < -0.3 is 4.90 Å². The first-order valence-corrected chi connectivity index (χ1v) is 15.1. The van der Waals surface area contributed by atoms with Gasteiger partial charge in [-0.3, -0.25) is 14.2 Å². The van der Waals surface area contributed by atoms with E-state index in [-0.39, 0.29) is 34.8 Å². The maximum absolute atomic E-state index is 13.6. The number of fused-ring (bicyclic) bond motifs is 3. The van der Waals surface area contributed by atoms with Gasteiger partial charge in [0.2, 0.25) is 5.91 Å². The topological polar surface area (TPSA) is 89.3 Å². The minimum atomic E-state index is -3.07. The molecule has 7 nitrogen and oxygen atoms in total. The van der Waals surface area contributed by atoms with Crippen LogP contribution < -0.4 is 5.56 Å². The van der Waals surface area contributed by atoms with E-state index in [1.807, 2.05) is 30.3 Å². The third-order valence-corrected chi connectivity index (χ3v) is 10.6. The Kier molecular flexibility index (Phi) is 6.56. The highest BCUT2D eigenvalue weighted by molar-refractivity contribution is 7.99. The van der Waals surface area contributed by atoms with Crippen molar-refractivity contribution in [2.24, 2.45) is 0 Å². The van der Waals surface area contributed by atoms with Crippen LogP contribution in [0.15, 0.2) is 40.3 Å². The maximum atomic E-state index is 13.6. The van der Waals surface area contributed by atoms with Gasteiger partial charge in [0.25, 0.3) is 5.56 Å². The molecule has 3 aromatic rings. The first-order valence-electron chi connectivity index (χ1n) is 11.5. The van der Waals surface area contributed by atoms with Gasteiger partial charge in [-0.05, 0) is 43.2 Å². The van der Waals surface area contributed by atoms with E-state index in [0.717, 1.165) is 40.6 Å². The Morgan fingerprint density at radius 3 is 2.79 bits per heavy atom. The molecule has 0 N–H and O–H groups in total. The lowest BCUT2D eigenvalue weighted by Crippen LogP contribution is -2.39. The zero-order valence-corrected chi connectivity index (χ0v) is 21.5.